The molecule has 33 heteroatoms. The van der Waals surface area contributed by atoms with Crippen molar-refractivity contribution in [3.8, 4) is 0 Å². The van der Waals surface area contributed by atoms with Gasteiger partial charge in [-0.25, -0.2) is 4.79 Å². The molecule has 0 saturated heterocycles. The van der Waals surface area contributed by atoms with E-state index in [-0.39, 0.29) is 6.42 Å². The summed E-state index contributed by atoms with van der Waals surface area (Å²) >= 11 is 0. The van der Waals surface area contributed by atoms with Gasteiger partial charge in [0.15, 0.2) is 0 Å². The fourth-order valence-corrected chi connectivity index (χ4v) is 6.67. The van der Waals surface area contributed by atoms with Crippen LogP contribution in [0.4, 0.5) is 0 Å². The van der Waals surface area contributed by atoms with Gasteiger partial charge in [-0.1, -0.05) is 0 Å². The van der Waals surface area contributed by atoms with E-state index in [0.29, 0.717) is 19.4 Å². The Morgan fingerprint density at radius 3 is 0.542 bits per heavy atom. The summed E-state index contributed by atoms with van der Waals surface area (Å²) in [5, 5.41) is 45.1. The van der Waals surface area contributed by atoms with Gasteiger partial charge in [0.25, 0.3) is 0 Å². The van der Waals surface area contributed by atoms with Gasteiger partial charge in [0, 0.05) is 6.92 Å². The molecule has 0 spiro atoms. The van der Waals surface area contributed by atoms with E-state index in [9.17, 15) is 81.8 Å². The van der Waals surface area contributed by atoms with Gasteiger partial charge >= 0.3 is 5.97 Å². The molecule has 0 bridgehead atoms. The molecule has 0 aliphatic heterocycles. The normalized spacial score (nSPS) is 16.2. The highest BCUT2D eigenvalue weighted by molar-refractivity contribution is 6.00. The molecule has 18 N–H and O–H groups in total. The van der Waals surface area contributed by atoms with Crippen LogP contribution >= 0.6 is 0 Å². The minimum Gasteiger partial charge on any atom is -0.480 e. The lowest BCUT2D eigenvalue weighted by molar-refractivity contribution is -0.142. The largest absolute Gasteiger partial charge is 0.480 e. The number of hydrogen-bond donors (Lipinski definition) is 17. The van der Waals surface area contributed by atoms with Crippen molar-refractivity contribution in [2.24, 2.45) is 5.73 Å². The van der Waals surface area contributed by atoms with Crippen molar-refractivity contribution in [1.82, 2.24) is 79.8 Å². The predicted molar refractivity (Wildman–Crippen MR) is 295 cm³/mol. The summed E-state index contributed by atoms with van der Waals surface area (Å²) in [7, 11) is 0. The number of carboxylic acid groups (broad SMARTS) is 1. The van der Waals surface area contributed by atoms with E-state index in [4.69, 9.17) is 5.73 Å². The third-order valence-corrected chi connectivity index (χ3v) is 12.2. The molecule has 0 unspecified atom stereocenters. The first-order valence-electron chi connectivity index (χ1n) is 26.8. The van der Waals surface area contributed by atoms with Crippen LogP contribution in [0.15, 0.2) is 0 Å². The fourth-order valence-electron chi connectivity index (χ4n) is 6.67. The molecule has 0 saturated carbocycles. The lowest BCUT2D eigenvalue weighted by Crippen LogP contribution is -2.59. The maximum Gasteiger partial charge on any atom is 0.326 e. The zero-order valence-electron chi connectivity index (χ0n) is 49.5. The van der Waals surface area contributed by atoms with E-state index in [2.05, 4.69) is 79.8 Å². The summed E-state index contributed by atoms with van der Waals surface area (Å²) in [6, 6.07) is -18.1. The van der Waals surface area contributed by atoms with Crippen molar-refractivity contribution in [2.75, 3.05) is 6.54 Å². The highest BCUT2D eigenvalue weighted by Gasteiger charge is 2.32. The second-order valence-corrected chi connectivity index (χ2v) is 20.1. The van der Waals surface area contributed by atoms with Crippen LogP contribution in [-0.4, -0.2) is 197 Å². The number of aliphatic carboxylic acids is 1. The van der Waals surface area contributed by atoms with Gasteiger partial charge in [0.1, 0.15) is 90.6 Å². The van der Waals surface area contributed by atoms with Crippen LogP contribution in [-0.2, 0) is 76.7 Å². The zero-order valence-corrected chi connectivity index (χ0v) is 49.5. The minimum atomic E-state index is -1.27. The second kappa shape index (κ2) is 36.0. The van der Waals surface area contributed by atoms with Gasteiger partial charge in [-0.2, -0.15) is 0 Å². The van der Waals surface area contributed by atoms with Crippen LogP contribution in [0.25, 0.3) is 0 Å². The van der Waals surface area contributed by atoms with E-state index in [1.54, 1.807) is 0 Å². The van der Waals surface area contributed by atoms with Gasteiger partial charge < -0.3 is 90.6 Å². The number of carboxylic acids is 1. The number of rotatable bonds is 34. The Kier molecular flexibility index (Phi) is 32.3. The number of nitrogens with two attached hydrogens (primary N) is 1. The Balaban J connectivity index is 5.00. The molecule has 0 rings (SSSR count). The lowest BCUT2D eigenvalue weighted by Gasteiger charge is -2.24. The van der Waals surface area contributed by atoms with Crippen molar-refractivity contribution in [3.05, 3.63) is 0 Å². The first-order chi connectivity index (χ1) is 38.3. The van der Waals surface area contributed by atoms with E-state index in [1.807, 2.05) is 0 Å². The van der Waals surface area contributed by atoms with Crippen LogP contribution in [0.5, 0.6) is 0 Å². The molecule has 0 heterocycles. The molecule has 0 aromatic carbocycles. The van der Waals surface area contributed by atoms with E-state index in [0.717, 1.165) is 0 Å². The first kappa shape index (κ1) is 74.5. The van der Waals surface area contributed by atoms with Crippen molar-refractivity contribution < 1.29 is 81.8 Å². The Morgan fingerprint density at radius 2 is 0.410 bits per heavy atom. The maximum atomic E-state index is 12.9. The molecule has 15 atom stereocenters. The smallest absolute Gasteiger partial charge is 0.326 e. The molecule has 83 heavy (non-hydrogen) atoms. The third kappa shape index (κ3) is 27.7. The molecular formula is C50H86N16O17. The van der Waals surface area contributed by atoms with Crippen LogP contribution in [0.1, 0.15) is 123 Å². The molecule has 15 amide bonds. The first-order valence-corrected chi connectivity index (χ1v) is 26.8. The molecule has 0 radical (unpaired) electrons. The average molecular weight is 1180 g/mol. The molecule has 468 valence electrons. The number of hydrogen-bond acceptors (Lipinski definition) is 17. The zero-order chi connectivity index (χ0) is 64.3. The van der Waals surface area contributed by atoms with Crippen molar-refractivity contribution in [1.29, 1.82) is 0 Å². The summed E-state index contributed by atoms with van der Waals surface area (Å²) in [4.78, 5) is 202. The number of carbonyl (C=O) groups is 16. The fraction of sp³-hybridized carbons (Fsp3) is 0.680. The van der Waals surface area contributed by atoms with Crippen molar-refractivity contribution in [2.45, 2.75) is 214 Å². The van der Waals surface area contributed by atoms with E-state index < -0.39 is 185 Å². The second-order valence-electron chi connectivity index (χ2n) is 20.1. The topological polar surface area (TPSA) is 500 Å². The highest BCUT2D eigenvalue weighted by atomic mass is 16.4. The van der Waals surface area contributed by atoms with Crippen LogP contribution in [0, 0.1) is 0 Å². The quantitative estimate of drug-likeness (QED) is 0.0266. The van der Waals surface area contributed by atoms with Gasteiger partial charge in [-0.15, -0.1) is 0 Å². The van der Waals surface area contributed by atoms with Gasteiger partial charge in [0.05, 0.1) is 0 Å². The SMILES string of the molecule is CC(=O)N[C@@H](C)C(=O)N[C@H](C)C(=O)N[C@@H](C)C(=O)N[C@H](C)C(=O)N[C@@H](C)C(=O)N[C@H](C)C(=O)N[C@@H](C)C(=O)N[C@H](C)C(=O)N[C@@H](C)C(=O)N[C@H](C)C(=O)N[C@@H](C)C(=O)N[C@H](C)C(=O)N[C@@H](C)C(=O)N[C@H](C)C(=O)N[C@@H](CCCCN)C(=O)O. The highest BCUT2D eigenvalue weighted by Crippen LogP contribution is 2.03. The molecule has 0 aromatic heterocycles. The van der Waals surface area contributed by atoms with Crippen LogP contribution in [0.3, 0.4) is 0 Å². The minimum absolute atomic E-state index is 0.125. The molecule has 0 aliphatic carbocycles. The summed E-state index contributed by atoms with van der Waals surface area (Å²) in [5.41, 5.74) is 5.44. The van der Waals surface area contributed by atoms with Crippen molar-refractivity contribution >= 4 is 94.6 Å². The van der Waals surface area contributed by atoms with E-state index in [1.165, 1.54) is 104 Å². The van der Waals surface area contributed by atoms with Crippen molar-refractivity contribution in [3.63, 3.8) is 0 Å². The summed E-state index contributed by atoms with van der Waals surface area (Å²) in [5.74, 6) is -12.9. The molecule has 0 fully saturated rings. The number of amides is 15. The van der Waals surface area contributed by atoms with Gasteiger partial charge in [0.2, 0.25) is 88.6 Å². The number of carbonyl (C=O) groups excluding carboxylic acids is 15. The van der Waals surface area contributed by atoms with Gasteiger partial charge in [-0.05, 0) is 123 Å². The molecule has 0 aliphatic rings. The lowest BCUT2D eigenvalue weighted by atomic mass is 10.1. The average Bonchev–Trinajstić information content (AvgIpc) is 3.43. The molecule has 33 nitrogen and oxygen atoms in total. The predicted octanol–water partition coefficient (Wildman–Crippen LogP) is -7.23. The Bertz CT molecular complexity index is 2390. The number of unbranched alkanes of at least 4 members (excludes halogenated alkanes) is 1. The standard InChI is InChI=1S/C50H86N16O17/c1-20(52-34(15)67)36(68)53-21(2)37(69)54-22(3)38(70)55-23(4)39(71)56-24(5)40(72)57-25(6)41(73)58-26(7)42(74)59-27(8)43(75)60-28(9)44(76)61-29(10)45(77)62-30(11)46(78)63-31(12)47(79)64-32(13)48(80)65-33(14)49(81)66-35(50(82)83)18-16-17-19-51/h20-33,35H,16-19,51H2,1-15H3,(H,52,67)(H,53,68)(H,54,69)(H,55,70)(H,56,71)(H,57,72)(H,58,73)(H,59,74)(H,60,75)(H,61,76)(H,62,77)(H,63,78)(H,64,79)(H,65,80)(H,66,81)(H,82,83)/t20-,21+,22-,23+,24-,25+,26-,27+,28-,29+,30-,31+,32-,33+,35-/m0/s1. The Hall–Kier alpha value is -8.52. The third-order valence-electron chi connectivity index (χ3n) is 12.2. The monoisotopic (exact) mass is 1180 g/mol. The van der Waals surface area contributed by atoms with E-state index >= 15 is 0 Å². The summed E-state index contributed by atoms with van der Waals surface area (Å²) < 4.78 is 0. The van der Waals surface area contributed by atoms with Crippen LogP contribution < -0.4 is 85.5 Å². The Morgan fingerprint density at radius 1 is 0.265 bits per heavy atom. The molecular weight excluding hydrogens is 1100 g/mol. The van der Waals surface area contributed by atoms with Crippen LogP contribution in [0.2, 0.25) is 0 Å². The summed E-state index contributed by atoms with van der Waals surface area (Å²) in [6.45, 7) is 19.9. The molecule has 0 aromatic rings. The van der Waals surface area contributed by atoms with Gasteiger partial charge in [-0.3, -0.25) is 71.9 Å². The number of nitrogens with one attached hydrogen (secondary N) is 15. The summed E-state index contributed by atoms with van der Waals surface area (Å²) in [6.07, 6.45) is 1.13. The Labute approximate surface area is 481 Å². The maximum absolute atomic E-state index is 12.9.